The molecule has 0 saturated carbocycles. The van der Waals surface area contributed by atoms with Gasteiger partial charge in [0.15, 0.2) is 0 Å². The molecule has 1 aromatic rings. The van der Waals surface area contributed by atoms with Crippen LogP contribution in [0, 0.1) is 0 Å². The number of ether oxygens (including phenoxy) is 1. The van der Waals surface area contributed by atoms with Gasteiger partial charge in [0.2, 0.25) is 0 Å². The van der Waals surface area contributed by atoms with Crippen LogP contribution in [-0.2, 0) is 9.31 Å². The molecule has 2 rings (SSSR count). The second-order valence-corrected chi connectivity index (χ2v) is 7.04. The van der Waals surface area contributed by atoms with Gasteiger partial charge in [0.1, 0.15) is 5.75 Å². The largest absolute Gasteiger partial charge is 1.00 e. The maximum Gasteiger partial charge on any atom is 1.00 e. The molecule has 22 heavy (non-hydrogen) atoms. The summed E-state index contributed by atoms with van der Waals surface area (Å²) < 4.78 is 18.4. The van der Waals surface area contributed by atoms with Crippen molar-refractivity contribution in [1.82, 2.24) is 0 Å². The molecule has 0 spiro atoms. The smallest absolute Gasteiger partial charge is 0.558 e. The summed E-state index contributed by atoms with van der Waals surface area (Å²) in [6.45, 7) is 9.18. The molecule has 1 aliphatic rings. The first kappa shape index (κ1) is 19.6. The van der Waals surface area contributed by atoms with Gasteiger partial charge in [-0.05, 0) is 33.8 Å². The fourth-order valence-electron chi connectivity index (χ4n) is 3.07. The van der Waals surface area contributed by atoms with E-state index in [0.29, 0.717) is 0 Å². The molecule has 118 valence electrons. The molecule has 0 atom stereocenters. The third-order valence-corrected chi connectivity index (χ3v) is 4.96. The van der Waals surface area contributed by atoms with Crippen molar-refractivity contribution in [3.05, 3.63) is 24.3 Å². The van der Waals surface area contributed by atoms with E-state index in [4.69, 9.17) is 14.0 Å². The van der Waals surface area contributed by atoms with Gasteiger partial charge in [-0.2, -0.15) is 0 Å². The summed E-state index contributed by atoms with van der Waals surface area (Å²) in [5.41, 5.74) is 0.467. The van der Waals surface area contributed by atoms with Crippen LogP contribution in [0.4, 0.5) is 0 Å². The predicted molar refractivity (Wildman–Crippen MR) is 88.4 cm³/mol. The summed E-state index contributed by atoms with van der Waals surface area (Å²) in [7, 11) is 1.69. The molecule has 3 nitrogen and oxygen atoms in total. The van der Waals surface area contributed by atoms with E-state index in [1.54, 1.807) is 7.11 Å². The Kier molecular flexibility index (Phi) is 6.26. The van der Waals surface area contributed by atoms with Crippen molar-refractivity contribution >= 4 is 12.0 Å². The van der Waals surface area contributed by atoms with Crippen molar-refractivity contribution in [2.45, 2.75) is 65.0 Å². The monoisotopic (exact) mass is 298 g/mol. The third kappa shape index (κ3) is 3.57. The summed E-state index contributed by atoms with van der Waals surface area (Å²) >= 11 is 0. The molecule has 1 aromatic carbocycles. The Morgan fingerprint density at radius 2 is 1.68 bits per heavy atom. The van der Waals surface area contributed by atoms with E-state index < -0.39 is 6.55 Å². The van der Waals surface area contributed by atoms with Crippen molar-refractivity contribution in [2.24, 2.45) is 0 Å². The van der Waals surface area contributed by atoms with E-state index in [9.17, 15) is 0 Å². The molecular weight excluding hydrogens is 270 g/mol. The van der Waals surface area contributed by atoms with Gasteiger partial charge in [0.05, 0.1) is 7.11 Å². The van der Waals surface area contributed by atoms with Crippen LogP contribution < -0.4 is 29.1 Å². The second-order valence-electron chi connectivity index (χ2n) is 7.04. The van der Waals surface area contributed by atoms with Gasteiger partial charge in [-0.15, -0.1) is 11.8 Å². The zero-order valence-electron chi connectivity index (χ0n) is 15.2. The van der Waals surface area contributed by atoms with Gasteiger partial charge in [0, 0.05) is 11.2 Å². The molecule has 5 heteroatoms. The minimum Gasteiger partial charge on any atom is -0.558 e. The summed E-state index contributed by atoms with van der Waals surface area (Å²) in [6, 6.07) is 8.11. The first-order chi connectivity index (χ1) is 9.76. The second kappa shape index (κ2) is 7.01. The molecule has 1 aliphatic heterocycles. The molecule has 1 fully saturated rings. The maximum absolute atomic E-state index is 6.52. The maximum atomic E-state index is 6.52. The molecule has 0 aliphatic carbocycles. The normalized spacial score (nSPS) is 21.2. The van der Waals surface area contributed by atoms with Crippen molar-refractivity contribution in [3.8, 4) is 5.75 Å². The fraction of sp³-hybridized carbons (Fsp3) is 0.647. The molecule has 0 bridgehead atoms. The van der Waals surface area contributed by atoms with Crippen LogP contribution in [0.5, 0.6) is 5.75 Å². The van der Waals surface area contributed by atoms with Crippen LogP contribution in [0.25, 0.3) is 0 Å². The number of hydrogen-bond donors (Lipinski definition) is 0. The Morgan fingerprint density at radius 1 is 1.09 bits per heavy atom. The average Bonchev–Trinajstić information content (AvgIpc) is 2.63. The molecular formula is C17H28BLiO3. The van der Waals surface area contributed by atoms with Gasteiger partial charge in [0.25, 0.3) is 6.55 Å². The number of hydrogen-bond acceptors (Lipinski definition) is 3. The molecule has 0 aromatic heterocycles. The number of unbranched alkanes of at least 4 members (excludes halogenated alkanes) is 1. The van der Waals surface area contributed by atoms with Crippen LogP contribution in [0.15, 0.2) is 24.3 Å². The molecule has 0 radical (unpaired) electrons. The standard InChI is InChI=1S/C17H28BO3.Li/c1-7-8-12-18(14-10-9-11-15(13-14)19-6)20-16(2,3)17(4,5)21-18;/h9-11,13H,7-8,12H2,1-6H3;/q-1;+1. The molecule has 0 N–H and O–H groups in total. The van der Waals surface area contributed by atoms with E-state index in [2.05, 4.69) is 40.7 Å². The third-order valence-electron chi connectivity index (χ3n) is 4.96. The van der Waals surface area contributed by atoms with Gasteiger partial charge in [-0.1, -0.05) is 38.0 Å². The van der Waals surface area contributed by atoms with E-state index >= 15 is 0 Å². The Morgan fingerprint density at radius 3 is 2.18 bits per heavy atom. The van der Waals surface area contributed by atoms with Gasteiger partial charge < -0.3 is 14.0 Å². The van der Waals surface area contributed by atoms with Crippen LogP contribution in [0.3, 0.4) is 0 Å². The van der Waals surface area contributed by atoms with Gasteiger partial charge in [-0.3, -0.25) is 0 Å². The minimum atomic E-state index is -1.47. The number of benzene rings is 1. The van der Waals surface area contributed by atoms with E-state index in [1.807, 2.05) is 18.2 Å². The molecule has 1 heterocycles. The molecule has 0 unspecified atom stereocenters. The summed E-state index contributed by atoms with van der Waals surface area (Å²) in [5.74, 6) is 0.847. The first-order valence-corrected chi connectivity index (χ1v) is 7.97. The van der Waals surface area contributed by atoms with Crippen molar-refractivity contribution < 1.29 is 32.9 Å². The van der Waals surface area contributed by atoms with E-state index in [0.717, 1.165) is 30.4 Å². The number of methoxy groups -OCH3 is 1. The van der Waals surface area contributed by atoms with E-state index in [-0.39, 0.29) is 30.1 Å². The van der Waals surface area contributed by atoms with E-state index in [1.165, 1.54) is 0 Å². The van der Waals surface area contributed by atoms with Crippen molar-refractivity contribution in [3.63, 3.8) is 0 Å². The Balaban J connectivity index is 0.00000242. The van der Waals surface area contributed by atoms with Crippen LogP contribution in [0.1, 0.15) is 47.5 Å². The van der Waals surface area contributed by atoms with Crippen molar-refractivity contribution in [1.29, 1.82) is 0 Å². The van der Waals surface area contributed by atoms with Gasteiger partial charge in [-0.25, -0.2) is 0 Å². The molecule has 1 saturated heterocycles. The SMILES string of the molecule is CCCC[B-]1(c2cccc(OC)c2)OC(C)(C)C(C)(C)O1.[Li+]. The van der Waals surface area contributed by atoms with Gasteiger partial charge >= 0.3 is 18.9 Å². The quantitative estimate of drug-likeness (QED) is 0.751. The average molecular weight is 298 g/mol. The fourth-order valence-corrected chi connectivity index (χ4v) is 3.07. The number of rotatable bonds is 5. The topological polar surface area (TPSA) is 27.7 Å². The van der Waals surface area contributed by atoms with Crippen molar-refractivity contribution in [2.75, 3.05) is 7.11 Å². The van der Waals surface area contributed by atoms with Crippen LogP contribution in [-0.4, -0.2) is 24.9 Å². The zero-order chi connectivity index (χ0) is 15.7. The van der Waals surface area contributed by atoms with Crippen LogP contribution in [0.2, 0.25) is 6.32 Å². The Labute approximate surface area is 147 Å². The first-order valence-electron chi connectivity index (χ1n) is 7.97. The molecule has 0 amide bonds. The van der Waals surface area contributed by atoms with Crippen LogP contribution >= 0.6 is 0 Å². The Bertz CT molecular complexity index is 486. The summed E-state index contributed by atoms with van der Waals surface area (Å²) in [6.07, 6.45) is 3.13. The summed E-state index contributed by atoms with van der Waals surface area (Å²) in [5, 5.41) is 0. The Hall–Kier alpha value is -0.398. The minimum absolute atomic E-state index is 0. The predicted octanol–water partition coefficient (Wildman–Crippen LogP) is 0.753. The summed E-state index contributed by atoms with van der Waals surface area (Å²) in [4.78, 5) is 0. The zero-order valence-corrected chi connectivity index (χ0v) is 15.2.